The highest BCUT2D eigenvalue weighted by atomic mass is 31.3. The molecule has 7 N–H and O–H groups in total. The van der Waals surface area contributed by atoms with Gasteiger partial charge in [-0.1, -0.05) is 6.08 Å². The van der Waals surface area contributed by atoms with Crippen molar-refractivity contribution in [1.82, 2.24) is 9.55 Å². The van der Waals surface area contributed by atoms with Gasteiger partial charge < -0.3 is 34.5 Å². The minimum atomic E-state index is -5.85. The van der Waals surface area contributed by atoms with E-state index in [0.717, 1.165) is 25.3 Å². The van der Waals surface area contributed by atoms with Crippen LogP contribution in [0.3, 0.4) is 0 Å². The van der Waals surface area contributed by atoms with Crippen molar-refractivity contribution in [1.29, 1.82) is 0 Å². The van der Waals surface area contributed by atoms with Gasteiger partial charge >= 0.3 is 29.2 Å². The summed E-state index contributed by atoms with van der Waals surface area (Å²) in [6.07, 6.45) is -0.462. The van der Waals surface area contributed by atoms with Crippen LogP contribution in [0.5, 0.6) is 0 Å². The first-order valence-corrected chi connectivity index (χ1v) is 13.6. The number of phosphoric ester groups is 1. The van der Waals surface area contributed by atoms with Crippen molar-refractivity contribution in [2.24, 2.45) is 0 Å². The average molecular weight is 572 g/mol. The number of aromatic amines is 1. The van der Waals surface area contributed by atoms with E-state index < -0.39 is 78.5 Å². The second kappa shape index (κ2) is 11.8. The molecule has 0 fully saturated rings. The summed E-state index contributed by atoms with van der Waals surface area (Å²) in [5.41, 5.74) is -6.72. The second-order valence-corrected chi connectivity index (χ2v) is 11.6. The number of hydrogen-bond acceptors (Lipinski definition) is 11. The Kier molecular flexibility index (Phi) is 10.7. The fraction of sp³-hybridized carbons (Fsp3) is 0.571. The number of halogens is 1. The molecule has 0 bridgehead atoms. The van der Waals surface area contributed by atoms with Gasteiger partial charge in [-0.05, 0) is 6.92 Å². The zero-order valence-electron chi connectivity index (χ0n) is 17.9. The molecule has 0 spiro atoms. The summed E-state index contributed by atoms with van der Waals surface area (Å²) in [4.78, 5) is 61.3. The lowest BCUT2D eigenvalue weighted by molar-refractivity contribution is -0.226. The van der Waals surface area contributed by atoms with Gasteiger partial charge in [0.05, 0.1) is 13.2 Å². The van der Waals surface area contributed by atoms with Crippen molar-refractivity contribution in [2.45, 2.75) is 30.8 Å². The Labute approximate surface area is 195 Å². The van der Waals surface area contributed by atoms with E-state index in [-0.39, 0.29) is 0 Å². The highest BCUT2D eigenvalue weighted by molar-refractivity contribution is 7.66. The van der Waals surface area contributed by atoms with Crippen LogP contribution in [0.1, 0.15) is 19.6 Å². The number of ether oxygens (including phenoxy) is 1. The third-order valence-electron chi connectivity index (χ3n) is 3.96. The summed E-state index contributed by atoms with van der Waals surface area (Å²) in [5.74, 6) is 0. The third kappa shape index (κ3) is 9.90. The van der Waals surface area contributed by atoms with Crippen LogP contribution in [-0.2, 0) is 31.6 Å². The summed E-state index contributed by atoms with van der Waals surface area (Å²) < 4.78 is 65.4. The van der Waals surface area contributed by atoms with E-state index >= 15 is 0 Å². The predicted octanol–water partition coefficient (Wildman–Crippen LogP) is -0.577. The van der Waals surface area contributed by atoms with Crippen LogP contribution in [-0.4, -0.2) is 70.4 Å². The Hall–Kier alpha value is -1.36. The van der Waals surface area contributed by atoms with E-state index in [4.69, 9.17) is 14.5 Å². The maximum absolute atomic E-state index is 13.9. The van der Waals surface area contributed by atoms with Crippen molar-refractivity contribution in [3.8, 4) is 0 Å². The molecule has 0 amide bonds. The predicted molar refractivity (Wildman–Crippen MR) is 112 cm³/mol. The zero-order valence-corrected chi connectivity index (χ0v) is 20.6. The van der Waals surface area contributed by atoms with Crippen molar-refractivity contribution >= 4 is 23.5 Å². The summed E-state index contributed by atoms with van der Waals surface area (Å²) in [6.45, 7) is 0.326. The molecule has 0 aliphatic heterocycles. The van der Waals surface area contributed by atoms with Crippen LogP contribution in [0.2, 0.25) is 0 Å². The van der Waals surface area contributed by atoms with Crippen molar-refractivity contribution < 1.29 is 65.8 Å². The molecule has 1 aromatic rings. The number of nitrogens with one attached hydrogen (secondary N) is 1. The SMILES string of the molecule is C=CCC(O)(CO)C(OC(C)(CF)COP(=O)(O)OP(=O)(O)OP(=O)(O)O)n1ccc(=O)[nH]c1=O. The van der Waals surface area contributed by atoms with Crippen LogP contribution in [0, 0.1) is 0 Å². The first-order chi connectivity index (χ1) is 15.8. The normalized spacial score (nSPS) is 20.1. The van der Waals surface area contributed by atoms with E-state index in [9.17, 15) is 47.7 Å². The van der Waals surface area contributed by atoms with E-state index in [0.29, 0.717) is 4.57 Å². The minimum Gasteiger partial charge on any atom is -0.393 e. The number of alkyl halides is 1. The molecule has 35 heavy (non-hydrogen) atoms. The Morgan fingerprint density at radius 3 is 2.26 bits per heavy atom. The van der Waals surface area contributed by atoms with Gasteiger partial charge in [0.2, 0.25) is 0 Å². The molecular formula is C14H24FN2O15P3. The molecule has 5 unspecified atom stereocenters. The Morgan fingerprint density at radius 2 is 1.80 bits per heavy atom. The molecule has 1 rings (SSSR count). The lowest BCUT2D eigenvalue weighted by Gasteiger charge is -2.40. The first kappa shape index (κ1) is 31.7. The number of aliphatic hydroxyl groups is 2. The molecule has 0 aliphatic carbocycles. The summed E-state index contributed by atoms with van der Waals surface area (Å²) in [5, 5.41) is 20.5. The summed E-state index contributed by atoms with van der Waals surface area (Å²) in [7, 11) is -17.2. The van der Waals surface area contributed by atoms with Crippen molar-refractivity contribution in [2.75, 3.05) is 19.9 Å². The van der Waals surface area contributed by atoms with E-state index in [2.05, 4.69) is 19.7 Å². The smallest absolute Gasteiger partial charge is 0.393 e. The molecule has 5 atom stereocenters. The van der Waals surface area contributed by atoms with Gasteiger partial charge in [0.15, 0.2) is 6.23 Å². The topological polar surface area (TPSA) is 264 Å². The standard InChI is InChI=1S/C14H24FN2O15P3/c1-3-5-14(21,8-18)11(17-6-4-10(19)16-12(17)20)30-13(2,7-15)9-29-34(25,26)32-35(27,28)31-33(22,23)24/h3-4,6,11,18,21H,1,5,7-9H2,2H3,(H,25,26)(H,27,28)(H,16,19,20)(H2,22,23,24). The third-order valence-corrected chi connectivity index (χ3v) is 7.75. The van der Waals surface area contributed by atoms with Crippen molar-refractivity contribution in [3.63, 3.8) is 0 Å². The Bertz CT molecular complexity index is 1150. The number of hydrogen-bond donors (Lipinski definition) is 7. The number of aliphatic hydroxyl groups excluding tert-OH is 1. The van der Waals surface area contributed by atoms with Crippen LogP contribution in [0.25, 0.3) is 0 Å². The molecule has 0 aliphatic rings. The van der Waals surface area contributed by atoms with Gasteiger partial charge in [0, 0.05) is 18.7 Å². The van der Waals surface area contributed by atoms with Crippen LogP contribution < -0.4 is 11.2 Å². The summed E-state index contributed by atoms with van der Waals surface area (Å²) in [6, 6.07) is 0.836. The van der Waals surface area contributed by atoms with E-state index in [1.54, 1.807) is 0 Å². The summed E-state index contributed by atoms with van der Waals surface area (Å²) >= 11 is 0. The molecule has 202 valence electrons. The molecule has 0 aromatic carbocycles. The molecule has 17 nitrogen and oxygen atoms in total. The Balaban J connectivity index is 3.27. The second-order valence-electron chi connectivity index (χ2n) is 7.19. The first-order valence-electron chi connectivity index (χ1n) is 9.09. The maximum atomic E-state index is 13.9. The van der Waals surface area contributed by atoms with Gasteiger partial charge in [-0.3, -0.25) is 18.9 Å². The molecule has 1 heterocycles. The quantitative estimate of drug-likeness (QED) is 0.102. The average Bonchev–Trinajstić information content (AvgIpc) is 2.68. The number of H-pyrrole nitrogens is 1. The molecule has 0 saturated carbocycles. The molecule has 21 heteroatoms. The minimum absolute atomic E-state index is 0.446. The van der Waals surface area contributed by atoms with Gasteiger partial charge in [0.1, 0.15) is 17.9 Å². The lowest BCUT2D eigenvalue weighted by atomic mass is 9.97. The molecule has 0 radical (unpaired) electrons. The molecular weight excluding hydrogens is 548 g/mol. The van der Waals surface area contributed by atoms with Crippen LogP contribution in [0.15, 0.2) is 34.5 Å². The molecule has 0 saturated heterocycles. The number of rotatable bonds is 15. The van der Waals surface area contributed by atoms with E-state index in [1.807, 2.05) is 4.98 Å². The monoisotopic (exact) mass is 572 g/mol. The van der Waals surface area contributed by atoms with Gasteiger partial charge in [0.25, 0.3) is 5.56 Å². The van der Waals surface area contributed by atoms with Crippen LogP contribution in [0.4, 0.5) is 4.39 Å². The number of phosphoric acid groups is 3. The number of nitrogens with zero attached hydrogens (tertiary/aromatic N) is 1. The zero-order chi connectivity index (χ0) is 27.3. The maximum Gasteiger partial charge on any atom is 0.490 e. The number of aromatic nitrogens is 2. The fourth-order valence-corrected chi connectivity index (χ4v) is 5.56. The van der Waals surface area contributed by atoms with Gasteiger partial charge in [-0.2, -0.15) is 8.62 Å². The highest BCUT2D eigenvalue weighted by Gasteiger charge is 2.46. The van der Waals surface area contributed by atoms with Gasteiger partial charge in [-0.15, -0.1) is 6.58 Å². The fourth-order valence-electron chi connectivity index (χ4n) is 2.43. The van der Waals surface area contributed by atoms with Crippen LogP contribution >= 0.6 is 23.5 Å². The van der Waals surface area contributed by atoms with E-state index in [1.165, 1.54) is 0 Å². The molecule has 1 aromatic heterocycles. The van der Waals surface area contributed by atoms with Crippen molar-refractivity contribution in [3.05, 3.63) is 45.8 Å². The Morgan fingerprint density at radius 1 is 1.20 bits per heavy atom. The van der Waals surface area contributed by atoms with Gasteiger partial charge in [-0.25, -0.2) is 22.9 Å². The lowest BCUT2D eigenvalue weighted by Crippen LogP contribution is -2.52. The highest BCUT2D eigenvalue weighted by Crippen LogP contribution is 2.66. The largest absolute Gasteiger partial charge is 0.490 e.